The number of hydrogen-bond acceptors (Lipinski definition) is 2. The van der Waals surface area contributed by atoms with Crippen LogP contribution in [0.15, 0.2) is 24.3 Å². The van der Waals surface area contributed by atoms with Gasteiger partial charge in [-0.2, -0.15) is 0 Å². The van der Waals surface area contributed by atoms with Crippen molar-refractivity contribution in [2.24, 2.45) is 0 Å². The second-order valence-electron chi connectivity index (χ2n) is 5.08. The van der Waals surface area contributed by atoms with Crippen LogP contribution in [0.5, 0.6) is 0 Å². The van der Waals surface area contributed by atoms with Crippen LogP contribution in [0.2, 0.25) is 5.02 Å². The van der Waals surface area contributed by atoms with Gasteiger partial charge in [0, 0.05) is 5.02 Å². The third kappa shape index (κ3) is 1.91. The number of amides is 1. The van der Waals surface area contributed by atoms with E-state index in [1.807, 2.05) is 24.3 Å². The maximum atomic E-state index is 11.7. The third-order valence-electron chi connectivity index (χ3n) is 3.95. The summed E-state index contributed by atoms with van der Waals surface area (Å²) in [6.07, 6.45) is 4.24. The lowest BCUT2D eigenvalue weighted by Gasteiger charge is -2.47. The number of ether oxygens (including phenoxy) is 1. The Labute approximate surface area is 111 Å². The van der Waals surface area contributed by atoms with Crippen molar-refractivity contribution >= 4 is 17.5 Å². The largest absolute Gasteiger partial charge is 0.366 e. The van der Waals surface area contributed by atoms with E-state index >= 15 is 0 Å². The Morgan fingerprint density at radius 1 is 1.39 bits per heavy atom. The number of morpholine rings is 1. The van der Waals surface area contributed by atoms with E-state index in [-0.39, 0.29) is 24.2 Å². The molecule has 2 atom stereocenters. The van der Waals surface area contributed by atoms with Gasteiger partial charge in [-0.25, -0.2) is 0 Å². The predicted molar refractivity (Wildman–Crippen MR) is 69.5 cm³/mol. The van der Waals surface area contributed by atoms with Crippen molar-refractivity contribution in [2.75, 3.05) is 6.61 Å². The molecule has 96 valence electrons. The first-order chi connectivity index (χ1) is 8.71. The summed E-state index contributed by atoms with van der Waals surface area (Å²) in [6.45, 7) is 0.174. The van der Waals surface area contributed by atoms with Crippen LogP contribution in [0.1, 0.15) is 31.2 Å². The summed E-state index contributed by atoms with van der Waals surface area (Å²) in [4.78, 5) is 11.7. The zero-order valence-corrected chi connectivity index (χ0v) is 10.9. The quantitative estimate of drug-likeness (QED) is 0.848. The first-order valence-corrected chi connectivity index (χ1v) is 6.77. The lowest BCUT2D eigenvalue weighted by atomic mass is 9.73. The fraction of sp³-hybridized carbons (Fsp3) is 0.500. The molecule has 1 N–H and O–H groups in total. The van der Waals surface area contributed by atoms with Crippen LogP contribution in [0.3, 0.4) is 0 Å². The molecule has 18 heavy (non-hydrogen) atoms. The third-order valence-corrected chi connectivity index (χ3v) is 4.19. The predicted octanol–water partition coefficient (Wildman–Crippen LogP) is 2.62. The van der Waals surface area contributed by atoms with Crippen molar-refractivity contribution in [2.45, 2.75) is 37.3 Å². The van der Waals surface area contributed by atoms with Crippen molar-refractivity contribution in [3.8, 4) is 0 Å². The Bertz CT molecular complexity index is 477. The van der Waals surface area contributed by atoms with Gasteiger partial charge < -0.3 is 10.1 Å². The van der Waals surface area contributed by atoms with E-state index in [0.717, 1.165) is 31.2 Å². The van der Waals surface area contributed by atoms with Crippen molar-refractivity contribution in [3.63, 3.8) is 0 Å². The van der Waals surface area contributed by atoms with E-state index < -0.39 is 0 Å². The van der Waals surface area contributed by atoms with Gasteiger partial charge in [0.2, 0.25) is 5.91 Å². The van der Waals surface area contributed by atoms with Crippen LogP contribution >= 0.6 is 11.6 Å². The maximum absolute atomic E-state index is 11.7. The minimum Gasteiger partial charge on any atom is -0.366 e. The van der Waals surface area contributed by atoms with E-state index in [2.05, 4.69) is 5.32 Å². The van der Waals surface area contributed by atoms with Gasteiger partial charge in [0.15, 0.2) is 0 Å². The summed E-state index contributed by atoms with van der Waals surface area (Å²) in [6, 6.07) is 7.75. The summed E-state index contributed by atoms with van der Waals surface area (Å²) < 4.78 is 5.74. The van der Waals surface area contributed by atoms with Crippen molar-refractivity contribution in [1.29, 1.82) is 0 Å². The molecule has 1 heterocycles. The van der Waals surface area contributed by atoms with Crippen molar-refractivity contribution in [3.05, 3.63) is 34.9 Å². The molecule has 2 aliphatic rings. The number of benzene rings is 1. The van der Waals surface area contributed by atoms with Crippen LogP contribution in [0.25, 0.3) is 0 Å². The highest BCUT2D eigenvalue weighted by atomic mass is 35.5. The van der Waals surface area contributed by atoms with Crippen LogP contribution in [-0.4, -0.2) is 18.6 Å². The Hall–Kier alpha value is -1.06. The number of nitrogens with one attached hydrogen (secondary N) is 1. The van der Waals surface area contributed by atoms with Gasteiger partial charge >= 0.3 is 0 Å². The summed E-state index contributed by atoms with van der Waals surface area (Å²) in [5, 5.41) is 3.85. The molecule has 3 nitrogen and oxygen atoms in total. The number of hydrogen-bond donors (Lipinski definition) is 1. The summed E-state index contributed by atoms with van der Waals surface area (Å²) in [5.74, 6) is -0.0341. The molecule has 1 aromatic rings. The second kappa shape index (κ2) is 4.56. The molecule has 2 fully saturated rings. The second-order valence-corrected chi connectivity index (χ2v) is 5.51. The smallest absolute Gasteiger partial charge is 0.246 e. The van der Waals surface area contributed by atoms with Crippen molar-refractivity contribution in [1.82, 2.24) is 5.32 Å². The summed E-state index contributed by atoms with van der Waals surface area (Å²) in [5.41, 5.74) is 0.686. The molecule has 0 unspecified atom stereocenters. The highest BCUT2D eigenvalue weighted by Gasteiger charge is 2.47. The number of fused-ring (bicyclic) bond motifs is 1. The Morgan fingerprint density at radius 2 is 2.28 bits per heavy atom. The number of carbonyl (C=O) groups is 1. The molecule has 1 amide bonds. The molecule has 0 aromatic heterocycles. The van der Waals surface area contributed by atoms with Gasteiger partial charge in [-0.3, -0.25) is 4.79 Å². The van der Waals surface area contributed by atoms with Crippen molar-refractivity contribution < 1.29 is 9.53 Å². The molecular weight excluding hydrogens is 250 g/mol. The number of rotatable bonds is 1. The van der Waals surface area contributed by atoms with Gasteiger partial charge in [0.1, 0.15) is 6.61 Å². The van der Waals surface area contributed by atoms with Gasteiger partial charge in [-0.05, 0) is 30.5 Å². The highest BCUT2D eigenvalue weighted by molar-refractivity contribution is 6.30. The molecule has 0 radical (unpaired) electrons. The van der Waals surface area contributed by atoms with E-state index in [0.29, 0.717) is 5.02 Å². The Kier molecular flexibility index (Phi) is 3.04. The first kappa shape index (κ1) is 12.0. The van der Waals surface area contributed by atoms with Gasteiger partial charge in [0.25, 0.3) is 0 Å². The average molecular weight is 266 g/mol. The Balaban J connectivity index is 2.04. The van der Waals surface area contributed by atoms with E-state index in [1.165, 1.54) is 0 Å². The summed E-state index contributed by atoms with van der Waals surface area (Å²) in [7, 11) is 0. The lowest BCUT2D eigenvalue weighted by molar-refractivity contribution is -0.148. The molecule has 1 saturated carbocycles. The zero-order valence-electron chi connectivity index (χ0n) is 10.1. The van der Waals surface area contributed by atoms with Gasteiger partial charge in [0.05, 0.1) is 11.6 Å². The van der Waals surface area contributed by atoms with Gasteiger partial charge in [-0.15, -0.1) is 0 Å². The fourth-order valence-corrected chi connectivity index (χ4v) is 3.33. The van der Waals surface area contributed by atoms with Crippen LogP contribution in [0, 0.1) is 0 Å². The normalized spacial score (nSPS) is 31.6. The zero-order chi connectivity index (χ0) is 12.6. The van der Waals surface area contributed by atoms with E-state index in [9.17, 15) is 4.79 Å². The van der Waals surface area contributed by atoms with E-state index in [1.54, 1.807) is 0 Å². The molecule has 1 aliphatic carbocycles. The Morgan fingerprint density at radius 3 is 3.11 bits per heavy atom. The molecule has 0 bridgehead atoms. The molecule has 0 spiro atoms. The number of carbonyl (C=O) groups excluding carboxylic acids is 1. The van der Waals surface area contributed by atoms with Crippen LogP contribution in [-0.2, 0) is 15.1 Å². The maximum Gasteiger partial charge on any atom is 0.246 e. The molecule has 4 heteroatoms. The molecular formula is C14H16ClNO2. The van der Waals surface area contributed by atoms with Gasteiger partial charge in [-0.1, -0.05) is 36.6 Å². The minimum absolute atomic E-state index is 0.0341. The molecule has 1 saturated heterocycles. The first-order valence-electron chi connectivity index (χ1n) is 6.39. The molecule has 1 aromatic carbocycles. The average Bonchev–Trinajstić information content (AvgIpc) is 2.38. The fourth-order valence-electron chi connectivity index (χ4n) is 3.14. The minimum atomic E-state index is -0.377. The summed E-state index contributed by atoms with van der Waals surface area (Å²) >= 11 is 6.07. The molecule has 3 rings (SSSR count). The molecule has 1 aliphatic heterocycles. The van der Waals surface area contributed by atoms with E-state index in [4.69, 9.17) is 16.3 Å². The lowest BCUT2D eigenvalue weighted by Crippen LogP contribution is -2.61. The monoisotopic (exact) mass is 265 g/mol. The topological polar surface area (TPSA) is 38.3 Å². The highest BCUT2D eigenvalue weighted by Crippen LogP contribution is 2.41. The number of halogens is 1. The van der Waals surface area contributed by atoms with Crippen LogP contribution in [0.4, 0.5) is 0 Å². The standard InChI is InChI=1S/C14H16ClNO2/c15-11-5-3-4-10(8-11)14-7-2-1-6-12(14)18-9-13(17)16-14/h3-5,8,12H,1-2,6-7,9H2,(H,16,17)/t12-,14-/m1/s1. The SMILES string of the molecule is O=C1CO[C@@H]2CCCC[C@]2(c2cccc(Cl)c2)N1. The van der Waals surface area contributed by atoms with Crippen LogP contribution < -0.4 is 5.32 Å².